The Bertz CT molecular complexity index is 808. The maximum Gasteiger partial charge on any atom is 0.240 e. The number of hydrogen-bond acceptors (Lipinski definition) is 4. The molecule has 1 atom stereocenters. The molecule has 4 rings (SSSR count). The summed E-state index contributed by atoms with van der Waals surface area (Å²) in [5.74, 6) is 1.15. The number of carbonyl (C=O) groups is 1. The zero-order valence-corrected chi connectivity index (χ0v) is 16.0. The summed E-state index contributed by atoms with van der Waals surface area (Å²) in [6.07, 6.45) is 3.34. The first-order valence-electron chi connectivity index (χ1n) is 9.55. The molecule has 0 aliphatic carbocycles. The Labute approximate surface area is 155 Å². The number of imidazole rings is 1. The van der Waals surface area contributed by atoms with Gasteiger partial charge in [0.15, 0.2) is 0 Å². The number of carbonyl (C=O) groups excluding carboxylic acids is 1. The van der Waals surface area contributed by atoms with E-state index in [-0.39, 0.29) is 11.9 Å². The van der Waals surface area contributed by atoms with Gasteiger partial charge < -0.3 is 14.8 Å². The zero-order chi connectivity index (χ0) is 18.3. The van der Waals surface area contributed by atoms with Crippen molar-refractivity contribution in [2.24, 2.45) is 12.5 Å². The Kier molecular flexibility index (Phi) is 4.49. The molecule has 1 aromatic carbocycles. The van der Waals surface area contributed by atoms with E-state index in [9.17, 15) is 4.79 Å². The quantitative estimate of drug-likeness (QED) is 0.909. The Hall–Kier alpha value is -1.92. The molecular weight excluding hydrogens is 326 g/mol. The molecular formula is C20H29N5O. The van der Waals surface area contributed by atoms with Gasteiger partial charge >= 0.3 is 0 Å². The molecule has 0 bridgehead atoms. The van der Waals surface area contributed by atoms with Gasteiger partial charge in [-0.05, 0) is 56.9 Å². The summed E-state index contributed by atoms with van der Waals surface area (Å²) in [4.78, 5) is 22.0. The van der Waals surface area contributed by atoms with Crippen molar-refractivity contribution in [2.75, 3.05) is 33.7 Å². The Balaban J connectivity index is 1.48. The van der Waals surface area contributed by atoms with E-state index in [1.54, 1.807) is 0 Å². The van der Waals surface area contributed by atoms with Crippen LogP contribution in [0.4, 0.5) is 0 Å². The molecule has 1 N–H and O–H groups in total. The monoisotopic (exact) mass is 355 g/mol. The highest BCUT2D eigenvalue weighted by Crippen LogP contribution is 2.41. The van der Waals surface area contributed by atoms with Crippen molar-refractivity contribution in [1.82, 2.24) is 24.7 Å². The Morgan fingerprint density at radius 3 is 2.77 bits per heavy atom. The predicted molar refractivity (Wildman–Crippen MR) is 103 cm³/mol. The van der Waals surface area contributed by atoms with Gasteiger partial charge in [-0.15, -0.1) is 0 Å². The number of amides is 1. The summed E-state index contributed by atoms with van der Waals surface area (Å²) in [6, 6.07) is 8.10. The minimum Gasteiger partial charge on any atom is -0.337 e. The molecule has 2 aliphatic rings. The maximum absolute atomic E-state index is 13.1. The summed E-state index contributed by atoms with van der Waals surface area (Å²) in [5, 5.41) is 3.44. The van der Waals surface area contributed by atoms with Crippen LogP contribution < -0.4 is 5.32 Å². The van der Waals surface area contributed by atoms with E-state index < -0.39 is 0 Å². The number of rotatable bonds is 3. The second-order valence-electron chi connectivity index (χ2n) is 8.16. The number of nitrogens with zero attached hydrogens (tertiary/aromatic N) is 4. The number of aromatic nitrogens is 2. The van der Waals surface area contributed by atoms with Crippen molar-refractivity contribution in [2.45, 2.75) is 31.8 Å². The minimum absolute atomic E-state index is 0.00668. The van der Waals surface area contributed by atoms with Gasteiger partial charge in [-0.1, -0.05) is 12.1 Å². The van der Waals surface area contributed by atoms with Crippen molar-refractivity contribution < 1.29 is 4.79 Å². The fourth-order valence-corrected chi connectivity index (χ4v) is 4.75. The van der Waals surface area contributed by atoms with Crippen LogP contribution >= 0.6 is 0 Å². The smallest absolute Gasteiger partial charge is 0.240 e. The molecule has 0 radical (unpaired) electrons. The summed E-state index contributed by atoms with van der Waals surface area (Å²) in [5.41, 5.74) is 2.41. The lowest BCUT2D eigenvalue weighted by Crippen LogP contribution is -2.42. The number of likely N-dealkylation sites (tertiary alicyclic amines) is 1. The molecule has 1 aromatic heterocycles. The first-order valence-corrected chi connectivity index (χ1v) is 9.55. The number of benzene rings is 1. The number of hydrogen-bond donors (Lipinski definition) is 1. The molecule has 0 unspecified atom stereocenters. The minimum atomic E-state index is -0.00668. The SMILES string of the molecule is CN(Cc1nc2ccccc2n1C)C(=O)[C@@H]1CC2(CCNCC2)CN1C. The van der Waals surface area contributed by atoms with Crippen LogP contribution in [0.3, 0.4) is 0 Å². The number of para-hydroxylation sites is 2. The molecule has 26 heavy (non-hydrogen) atoms. The zero-order valence-electron chi connectivity index (χ0n) is 16.0. The van der Waals surface area contributed by atoms with Gasteiger partial charge in [0.25, 0.3) is 0 Å². The van der Waals surface area contributed by atoms with Crippen molar-refractivity contribution in [1.29, 1.82) is 0 Å². The van der Waals surface area contributed by atoms with Crippen LogP contribution in [0.5, 0.6) is 0 Å². The number of aryl methyl sites for hydroxylation is 1. The van der Waals surface area contributed by atoms with Crippen LogP contribution in [0, 0.1) is 5.41 Å². The first-order chi connectivity index (χ1) is 12.5. The van der Waals surface area contributed by atoms with E-state index in [1.807, 2.05) is 37.2 Å². The molecule has 140 valence electrons. The summed E-state index contributed by atoms with van der Waals surface area (Å²) in [6.45, 7) is 3.73. The van der Waals surface area contributed by atoms with Gasteiger partial charge in [-0.3, -0.25) is 9.69 Å². The van der Waals surface area contributed by atoms with Crippen molar-refractivity contribution in [3.8, 4) is 0 Å². The highest BCUT2D eigenvalue weighted by atomic mass is 16.2. The lowest BCUT2D eigenvalue weighted by molar-refractivity contribution is -0.135. The molecule has 6 nitrogen and oxygen atoms in total. The number of fused-ring (bicyclic) bond motifs is 1. The third kappa shape index (κ3) is 3.01. The Morgan fingerprint density at radius 1 is 1.31 bits per heavy atom. The lowest BCUT2D eigenvalue weighted by atomic mass is 9.77. The van der Waals surface area contributed by atoms with Gasteiger partial charge in [0.1, 0.15) is 5.82 Å². The van der Waals surface area contributed by atoms with Gasteiger partial charge in [0.05, 0.1) is 23.6 Å². The number of nitrogens with one attached hydrogen (secondary N) is 1. The summed E-state index contributed by atoms with van der Waals surface area (Å²) in [7, 11) is 6.03. The first kappa shape index (κ1) is 17.5. The van der Waals surface area contributed by atoms with Gasteiger partial charge in [-0.2, -0.15) is 0 Å². The van der Waals surface area contributed by atoms with Crippen molar-refractivity contribution in [3.63, 3.8) is 0 Å². The Morgan fingerprint density at radius 2 is 2.04 bits per heavy atom. The number of piperidine rings is 1. The van der Waals surface area contributed by atoms with Crippen LogP contribution in [0.25, 0.3) is 11.0 Å². The second-order valence-corrected chi connectivity index (χ2v) is 8.16. The van der Waals surface area contributed by atoms with E-state index in [2.05, 4.69) is 27.9 Å². The highest BCUT2D eigenvalue weighted by Gasteiger charge is 2.46. The van der Waals surface area contributed by atoms with Crippen LogP contribution in [0.1, 0.15) is 25.1 Å². The fourth-order valence-electron chi connectivity index (χ4n) is 4.75. The van der Waals surface area contributed by atoms with Crippen LogP contribution in [-0.2, 0) is 18.4 Å². The van der Waals surface area contributed by atoms with Gasteiger partial charge in [0, 0.05) is 20.6 Å². The molecule has 2 aromatic rings. The predicted octanol–water partition coefficient (Wildman–Crippen LogP) is 1.61. The third-order valence-corrected chi connectivity index (χ3v) is 6.33. The topological polar surface area (TPSA) is 53.4 Å². The largest absolute Gasteiger partial charge is 0.337 e. The third-order valence-electron chi connectivity index (χ3n) is 6.33. The van der Waals surface area contributed by atoms with E-state index in [0.29, 0.717) is 12.0 Å². The molecule has 1 amide bonds. The molecule has 6 heteroatoms. The molecule has 0 saturated carbocycles. The fraction of sp³-hybridized carbons (Fsp3) is 0.600. The number of likely N-dealkylation sites (N-methyl/N-ethyl adjacent to an activating group) is 2. The summed E-state index contributed by atoms with van der Waals surface area (Å²) >= 11 is 0. The molecule has 3 heterocycles. The average Bonchev–Trinajstić information content (AvgIpc) is 3.12. The van der Waals surface area contributed by atoms with Gasteiger partial charge in [-0.25, -0.2) is 4.98 Å². The van der Waals surface area contributed by atoms with E-state index in [1.165, 1.54) is 12.8 Å². The maximum atomic E-state index is 13.1. The van der Waals surface area contributed by atoms with Crippen LogP contribution in [0.2, 0.25) is 0 Å². The molecule has 1 spiro atoms. The second kappa shape index (κ2) is 6.67. The van der Waals surface area contributed by atoms with Gasteiger partial charge in [0.2, 0.25) is 5.91 Å². The highest BCUT2D eigenvalue weighted by molar-refractivity contribution is 5.82. The van der Waals surface area contributed by atoms with Crippen molar-refractivity contribution >= 4 is 16.9 Å². The summed E-state index contributed by atoms with van der Waals surface area (Å²) < 4.78 is 2.09. The lowest BCUT2D eigenvalue weighted by Gasteiger charge is -2.33. The average molecular weight is 355 g/mol. The normalized spacial score (nSPS) is 23.0. The molecule has 2 aliphatic heterocycles. The molecule has 2 saturated heterocycles. The van der Waals surface area contributed by atoms with Crippen LogP contribution in [-0.4, -0.2) is 65.0 Å². The molecule has 2 fully saturated rings. The van der Waals surface area contributed by atoms with Crippen LogP contribution in [0.15, 0.2) is 24.3 Å². The standard InChI is InChI=1S/C20H29N5O/c1-23(13-18-22-15-6-4-5-7-16(15)25(18)3)19(26)17-12-20(14-24(17)2)8-10-21-11-9-20/h4-7,17,21H,8-14H2,1-3H3/t17-/m0/s1. The van der Waals surface area contributed by atoms with E-state index in [4.69, 9.17) is 4.98 Å². The van der Waals surface area contributed by atoms with E-state index >= 15 is 0 Å². The van der Waals surface area contributed by atoms with Crippen molar-refractivity contribution in [3.05, 3.63) is 30.1 Å². The van der Waals surface area contributed by atoms with E-state index in [0.717, 1.165) is 42.9 Å².